The van der Waals surface area contributed by atoms with E-state index in [4.69, 9.17) is 12.2 Å². The number of aromatic amines is 1. The third-order valence-electron chi connectivity index (χ3n) is 3.23. The molecule has 7 heteroatoms. The number of nitrogens with zero attached hydrogens (tertiary/aromatic N) is 1. The highest BCUT2D eigenvalue weighted by molar-refractivity contribution is 7.73. The Hall–Kier alpha value is -1.86. The van der Waals surface area contributed by atoms with Crippen LogP contribution in [0.1, 0.15) is 39.2 Å². The van der Waals surface area contributed by atoms with E-state index in [-0.39, 0.29) is 11.7 Å². The first-order valence-corrected chi connectivity index (χ1v) is 8.02. The summed E-state index contributed by atoms with van der Waals surface area (Å²) in [7, 11) is 0. The van der Waals surface area contributed by atoms with E-state index in [2.05, 4.69) is 15.3 Å². The molecule has 0 radical (unpaired) electrons. The number of thiazole rings is 1. The van der Waals surface area contributed by atoms with Gasteiger partial charge < -0.3 is 10.3 Å². The summed E-state index contributed by atoms with van der Waals surface area (Å²) in [4.78, 5) is 31.6. The predicted octanol–water partition coefficient (Wildman–Crippen LogP) is 2.88. The second-order valence-corrected chi connectivity index (χ2v) is 6.78. The molecule has 0 saturated heterocycles. The largest absolute Gasteiger partial charge is 0.350 e. The van der Waals surface area contributed by atoms with Gasteiger partial charge in [0.05, 0.1) is 18.7 Å². The van der Waals surface area contributed by atoms with Gasteiger partial charge in [-0.2, -0.15) is 0 Å². The smallest absolute Gasteiger partial charge is 0.225 e. The highest BCUT2D eigenvalue weighted by atomic mass is 32.1. The Labute approximate surface area is 137 Å². The third-order valence-corrected chi connectivity index (χ3v) is 4.57. The van der Waals surface area contributed by atoms with Gasteiger partial charge in [0.25, 0.3) is 0 Å². The number of pyridine rings is 1. The summed E-state index contributed by atoms with van der Waals surface area (Å²) in [6.45, 7) is 5.55. The second-order valence-electron chi connectivity index (χ2n) is 5.01. The molecule has 116 valence electrons. The molecule has 2 heterocycles. The molecule has 22 heavy (non-hydrogen) atoms. The zero-order chi connectivity index (χ0) is 16.3. The highest BCUT2D eigenvalue weighted by Gasteiger charge is 2.10. The molecule has 0 spiro atoms. The summed E-state index contributed by atoms with van der Waals surface area (Å²) in [5, 5.41) is 2.83. The molecule has 0 aliphatic carbocycles. The van der Waals surface area contributed by atoms with Crippen LogP contribution in [0.25, 0.3) is 0 Å². The van der Waals surface area contributed by atoms with Crippen molar-refractivity contribution in [2.75, 3.05) is 0 Å². The van der Waals surface area contributed by atoms with Crippen molar-refractivity contribution in [1.29, 1.82) is 0 Å². The van der Waals surface area contributed by atoms with Gasteiger partial charge in [0.15, 0.2) is 9.74 Å². The molecular formula is C15H17N3O2S2. The first kappa shape index (κ1) is 16.5. The van der Waals surface area contributed by atoms with Crippen molar-refractivity contribution in [3.05, 3.63) is 43.6 Å². The van der Waals surface area contributed by atoms with Crippen LogP contribution in [0.4, 0.5) is 0 Å². The van der Waals surface area contributed by atoms with E-state index in [1.54, 1.807) is 19.1 Å². The van der Waals surface area contributed by atoms with Gasteiger partial charge in [-0.25, -0.2) is 0 Å². The van der Waals surface area contributed by atoms with Gasteiger partial charge >= 0.3 is 0 Å². The lowest BCUT2D eigenvalue weighted by molar-refractivity contribution is -0.120. The van der Waals surface area contributed by atoms with Crippen molar-refractivity contribution in [2.24, 2.45) is 0 Å². The van der Waals surface area contributed by atoms with Gasteiger partial charge in [-0.05, 0) is 45.1 Å². The molecule has 5 nitrogen and oxygen atoms in total. The topological polar surface area (TPSA) is 74.8 Å². The molecule has 2 aromatic rings. The van der Waals surface area contributed by atoms with E-state index in [0.29, 0.717) is 28.2 Å². The second kappa shape index (κ2) is 6.93. The fraction of sp³-hybridized carbons (Fsp3) is 0.333. The van der Waals surface area contributed by atoms with Crippen LogP contribution in [0.2, 0.25) is 0 Å². The van der Waals surface area contributed by atoms with E-state index in [0.717, 1.165) is 16.3 Å². The number of hydrogen-bond acceptors (Lipinski definition) is 5. The normalized spacial score (nSPS) is 10.5. The Balaban J connectivity index is 1.96. The van der Waals surface area contributed by atoms with Gasteiger partial charge in [-0.3, -0.25) is 14.6 Å². The molecule has 0 fully saturated rings. The quantitative estimate of drug-likeness (QED) is 0.651. The van der Waals surface area contributed by atoms with E-state index in [1.807, 2.05) is 6.92 Å². The first-order valence-electron chi connectivity index (χ1n) is 6.79. The standard InChI is InChI=1S/C15H17N3O2S2/c1-8-12(10(3)19)5-4-11(17-8)7-16-14(20)6-13-9(2)18-15(21)22-13/h4-5H,6-7H2,1-3H3,(H,16,20)(H,18,21). The Kier molecular flexibility index (Phi) is 5.20. The summed E-state index contributed by atoms with van der Waals surface area (Å²) in [6.07, 6.45) is 0.300. The lowest BCUT2D eigenvalue weighted by Gasteiger charge is -2.07. The predicted molar refractivity (Wildman–Crippen MR) is 88.8 cm³/mol. The molecule has 0 unspecified atom stereocenters. The van der Waals surface area contributed by atoms with Crippen LogP contribution in [0.5, 0.6) is 0 Å². The summed E-state index contributed by atoms with van der Waals surface area (Å²) in [6, 6.07) is 3.50. The molecule has 0 bridgehead atoms. The van der Waals surface area contributed by atoms with Gasteiger partial charge in [0, 0.05) is 21.8 Å². The van der Waals surface area contributed by atoms with Gasteiger partial charge in [0.1, 0.15) is 0 Å². The van der Waals surface area contributed by atoms with E-state index < -0.39 is 0 Å². The van der Waals surface area contributed by atoms with Crippen molar-refractivity contribution >= 4 is 35.2 Å². The average molecular weight is 335 g/mol. The number of Topliss-reactive ketones (excluding diaryl/α,β-unsaturated/α-hetero) is 1. The van der Waals surface area contributed by atoms with Crippen molar-refractivity contribution in [3.8, 4) is 0 Å². The van der Waals surface area contributed by atoms with Crippen molar-refractivity contribution in [3.63, 3.8) is 0 Å². The van der Waals surface area contributed by atoms with Crippen LogP contribution in [0.15, 0.2) is 12.1 Å². The lowest BCUT2D eigenvalue weighted by atomic mass is 10.1. The van der Waals surface area contributed by atoms with E-state index >= 15 is 0 Å². The minimum Gasteiger partial charge on any atom is -0.350 e. The number of amides is 1. The SMILES string of the molecule is CC(=O)c1ccc(CNC(=O)Cc2sc(=S)[nH]c2C)nc1C. The number of carbonyl (C=O) groups is 2. The molecule has 0 aromatic carbocycles. The fourth-order valence-corrected chi connectivity index (χ4v) is 3.38. The fourth-order valence-electron chi connectivity index (χ4n) is 2.09. The number of aromatic nitrogens is 2. The highest BCUT2D eigenvalue weighted by Crippen LogP contribution is 2.15. The van der Waals surface area contributed by atoms with Crippen molar-refractivity contribution < 1.29 is 9.59 Å². The maximum absolute atomic E-state index is 12.0. The summed E-state index contributed by atoms with van der Waals surface area (Å²) < 4.78 is 0.678. The zero-order valence-corrected chi connectivity index (χ0v) is 14.3. The first-order chi connectivity index (χ1) is 10.4. The molecule has 1 amide bonds. The van der Waals surface area contributed by atoms with Crippen LogP contribution in [0, 0.1) is 17.8 Å². The Bertz CT molecular complexity index is 777. The molecule has 0 aliphatic rings. The Morgan fingerprint density at radius 3 is 2.64 bits per heavy atom. The summed E-state index contributed by atoms with van der Waals surface area (Å²) in [5.74, 6) is -0.0897. The number of ketones is 1. The van der Waals surface area contributed by atoms with E-state index in [9.17, 15) is 9.59 Å². The third kappa shape index (κ3) is 4.08. The monoisotopic (exact) mass is 335 g/mol. The van der Waals surface area contributed by atoms with E-state index in [1.165, 1.54) is 18.3 Å². The molecule has 2 aromatic heterocycles. The van der Waals surface area contributed by atoms with Crippen LogP contribution in [-0.2, 0) is 17.8 Å². The maximum Gasteiger partial charge on any atom is 0.225 e. The average Bonchev–Trinajstić information content (AvgIpc) is 2.74. The van der Waals surface area contributed by atoms with Gasteiger partial charge in [0.2, 0.25) is 5.91 Å². The Morgan fingerprint density at radius 2 is 2.09 bits per heavy atom. The summed E-state index contributed by atoms with van der Waals surface area (Å²) in [5.41, 5.74) is 2.95. The number of rotatable bonds is 5. The minimum absolute atomic E-state index is 0.00951. The number of aryl methyl sites for hydroxylation is 2. The molecule has 2 rings (SSSR count). The number of carbonyl (C=O) groups excluding carboxylic acids is 2. The molecule has 0 aliphatic heterocycles. The summed E-state index contributed by atoms with van der Waals surface area (Å²) >= 11 is 6.47. The molecule has 0 saturated carbocycles. The molecule has 2 N–H and O–H groups in total. The Morgan fingerprint density at radius 1 is 1.36 bits per heavy atom. The van der Waals surface area contributed by atoms with Crippen LogP contribution >= 0.6 is 23.6 Å². The zero-order valence-electron chi connectivity index (χ0n) is 12.6. The minimum atomic E-state index is -0.0801. The number of nitrogens with one attached hydrogen (secondary N) is 2. The van der Waals surface area contributed by atoms with Crippen LogP contribution in [-0.4, -0.2) is 21.7 Å². The van der Waals surface area contributed by atoms with Gasteiger partial charge in [-0.1, -0.05) is 0 Å². The lowest BCUT2D eigenvalue weighted by Crippen LogP contribution is -2.25. The van der Waals surface area contributed by atoms with Gasteiger partial charge in [-0.15, -0.1) is 11.3 Å². The number of H-pyrrole nitrogens is 1. The van der Waals surface area contributed by atoms with Crippen molar-refractivity contribution in [2.45, 2.75) is 33.7 Å². The van der Waals surface area contributed by atoms with Crippen LogP contribution in [0.3, 0.4) is 0 Å². The van der Waals surface area contributed by atoms with Crippen molar-refractivity contribution in [1.82, 2.24) is 15.3 Å². The maximum atomic E-state index is 12.0. The molecular weight excluding hydrogens is 318 g/mol. The van der Waals surface area contributed by atoms with Crippen LogP contribution < -0.4 is 5.32 Å². The molecule has 0 atom stereocenters. The number of hydrogen-bond donors (Lipinski definition) is 2.